The van der Waals surface area contributed by atoms with Gasteiger partial charge in [0.15, 0.2) is 5.78 Å². The van der Waals surface area contributed by atoms with Crippen molar-refractivity contribution in [2.75, 3.05) is 32.7 Å². The molecule has 3 unspecified atom stereocenters. The monoisotopic (exact) mass is 523 g/mol. The first-order valence-corrected chi connectivity index (χ1v) is 14.8. The van der Waals surface area contributed by atoms with Gasteiger partial charge in [-0.1, -0.05) is 31.2 Å². The molecule has 2 N–H and O–H groups in total. The summed E-state index contributed by atoms with van der Waals surface area (Å²) >= 11 is 0. The van der Waals surface area contributed by atoms with Crippen LogP contribution in [0.1, 0.15) is 81.1 Å². The SMILES string of the molecule is CC(=O)c1ccc(CC2CCN(C(=O)CN3CC[C@@H](C(=O)NC4CCC(O)C(C)(C5CC5)C4)C3)CC2)cc1. The van der Waals surface area contributed by atoms with E-state index in [9.17, 15) is 19.5 Å². The van der Waals surface area contributed by atoms with Crippen LogP contribution in [-0.4, -0.2) is 77.4 Å². The molecule has 4 aliphatic rings. The second-order valence-corrected chi connectivity index (χ2v) is 12.8. The van der Waals surface area contributed by atoms with E-state index in [2.05, 4.69) is 29.3 Å². The van der Waals surface area contributed by atoms with Crippen LogP contribution < -0.4 is 5.32 Å². The fourth-order valence-corrected chi connectivity index (χ4v) is 7.16. The molecule has 2 heterocycles. The molecular weight excluding hydrogens is 478 g/mol. The van der Waals surface area contributed by atoms with E-state index in [0.29, 0.717) is 24.9 Å². The molecule has 38 heavy (non-hydrogen) atoms. The van der Waals surface area contributed by atoms with Gasteiger partial charge in [-0.3, -0.25) is 19.3 Å². The van der Waals surface area contributed by atoms with Gasteiger partial charge in [0.25, 0.3) is 0 Å². The van der Waals surface area contributed by atoms with Crippen molar-refractivity contribution in [1.29, 1.82) is 0 Å². The molecule has 0 radical (unpaired) electrons. The molecule has 7 nitrogen and oxygen atoms in total. The van der Waals surface area contributed by atoms with Crippen molar-refractivity contribution in [2.45, 2.75) is 83.8 Å². The zero-order valence-corrected chi connectivity index (χ0v) is 23.2. The van der Waals surface area contributed by atoms with Gasteiger partial charge in [-0.05, 0) is 94.1 Å². The predicted octanol–water partition coefficient (Wildman–Crippen LogP) is 3.44. The number of aliphatic hydroxyl groups is 1. The number of rotatable bonds is 8. The molecule has 0 aromatic heterocycles. The van der Waals surface area contributed by atoms with Crippen LogP contribution in [0.4, 0.5) is 0 Å². The Bertz CT molecular complexity index is 1010. The number of hydrogen-bond donors (Lipinski definition) is 2. The molecule has 2 saturated carbocycles. The third-order valence-corrected chi connectivity index (χ3v) is 9.95. The largest absolute Gasteiger partial charge is 0.393 e. The number of piperidine rings is 1. The maximum absolute atomic E-state index is 13.1. The quantitative estimate of drug-likeness (QED) is 0.510. The molecule has 1 aromatic carbocycles. The van der Waals surface area contributed by atoms with Gasteiger partial charge in [0, 0.05) is 31.2 Å². The Balaban J connectivity index is 1.02. The number of carbonyl (C=O) groups excluding carboxylic acids is 3. The summed E-state index contributed by atoms with van der Waals surface area (Å²) in [4.78, 5) is 41.7. The number of likely N-dealkylation sites (tertiary alicyclic amines) is 2. The van der Waals surface area contributed by atoms with Crippen LogP contribution in [0.15, 0.2) is 24.3 Å². The zero-order chi connectivity index (χ0) is 26.9. The van der Waals surface area contributed by atoms with E-state index < -0.39 is 0 Å². The highest BCUT2D eigenvalue weighted by atomic mass is 16.3. The number of carbonyl (C=O) groups is 3. The number of benzene rings is 1. The fraction of sp³-hybridized carbons (Fsp3) is 0.710. The molecule has 4 atom stereocenters. The van der Waals surface area contributed by atoms with Gasteiger partial charge in [-0.2, -0.15) is 0 Å². The van der Waals surface area contributed by atoms with Gasteiger partial charge in [0.2, 0.25) is 11.8 Å². The van der Waals surface area contributed by atoms with Crippen LogP contribution in [0.25, 0.3) is 0 Å². The summed E-state index contributed by atoms with van der Waals surface area (Å²) in [6.45, 7) is 7.22. The third kappa shape index (κ3) is 6.31. The van der Waals surface area contributed by atoms with Crippen molar-refractivity contribution in [3.8, 4) is 0 Å². The summed E-state index contributed by atoms with van der Waals surface area (Å²) in [7, 11) is 0. The number of nitrogens with one attached hydrogen (secondary N) is 1. The van der Waals surface area contributed by atoms with Gasteiger partial charge in [-0.15, -0.1) is 0 Å². The lowest BCUT2D eigenvalue weighted by Crippen LogP contribution is -2.50. The second kappa shape index (κ2) is 11.5. The molecule has 2 aliphatic carbocycles. The Labute approximate surface area is 227 Å². The molecule has 2 saturated heterocycles. The highest BCUT2D eigenvalue weighted by Gasteiger charge is 2.49. The Hall–Kier alpha value is -2.25. The number of Topliss-reactive ketones (excluding diaryl/α,β-unsaturated/α-hetero) is 1. The topological polar surface area (TPSA) is 90.0 Å². The minimum Gasteiger partial charge on any atom is -0.393 e. The molecule has 1 aromatic rings. The van der Waals surface area contributed by atoms with E-state index in [1.165, 1.54) is 18.4 Å². The van der Waals surface area contributed by atoms with Crippen molar-refractivity contribution in [1.82, 2.24) is 15.1 Å². The maximum atomic E-state index is 13.1. The van der Waals surface area contributed by atoms with Crippen molar-refractivity contribution >= 4 is 17.6 Å². The van der Waals surface area contributed by atoms with Crippen LogP contribution >= 0.6 is 0 Å². The highest BCUT2D eigenvalue weighted by molar-refractivity contribution is 5.94. The van der Waals surface area contributed by atoms with Crippen LogP contribution in [0.3, 0.4) is 0 Å². The molecule has 0 bridgehead atoms. The van der Waals surface area contributed by atoms with Crippen LogP contribution in [-0.2, 0) is 16.0 Å². The summed E-state index contributed by atoms with van der Waals surface area (Å²) in [6, 6.07) is 8.07. The van der Waals surface area contributed by atoms with Gasteiger partial charge >= 0.3 is 0 Å². The van der Waals surface area contributed by atoms with Crippen LogP contribution in [0.2, 0.25) is 0 Å². The molecule has 7 heteroatoms. The molecule has 2 amide bonds. The standard InChI is InChI=1S/C31H45N3O4/c1-21(35)24-5-3-22(4-6-24)17-23-11-15-34(16-12-23)29(37)20-33-14-13-25(19-33)30(38)32-27-9-10-28(36)31(2,18-27)26-7-8-26/h3-6,23,25-28,36H,7-20H2,1-2H3,(H,32,38)/t25-,27?,28?,31?/m1/s1. The average molecular weight is 524 g/mol. The number of amides is 2. The molecular formula is C31H45N3O4. The highest BCUT2D eigenvalue weighted by Crippen LogP contribution is 2.53. The Morgan fingerprint density at radius 3 is 2.34 bits per heavy atom. The summed E-state index contributed by atoms with van der Waals surface area (Å²) in [6.07, 6.45) is 8.44. The normalized spacial score (nSPS) is 30.8. The van der Waals surface area contributed by atoms with Crippen LogP contribution in [0, 0.1) is 23.2 Å². The maximum Gasteiger partial charge on any atom is 0.236 e. The molecule has 5 rings (SSSR count). The Kier molecular flexibility index (Phi) is 8.25. The predicted molar refractivity (Wildman–Crippen MR) is 147 cm³/mol. The first-order valence-electron chi connectivity index (χ1n) is 14.8. The van der Waals surface area contributed by atoms with E-state index in [4.69, 9.17) is 0 Å². The van der Waals surface area contributed by atoms with Gasteiger partial charge in [0.1, 0.15) is 0 Å². The second-order valence-electron chi connectivity index (χ2n) is 12.8. The lowest BCUT2D eigenvalue weighted by atomic mass is 9.68. The Morgan fingerprint density at radius 1 is 0.974 bits per heavy atom. The number of hydrogen-bond acceptors (Lipinski definition) is 5. The number of aliphatic hydroxyl groups excluding tert-OH is 1. The van der Waals surface area contributed by atoms with E-state index in [-0.39, 0.29) is 41.1 Å². The summed E-state index contributed by atoms with van der Waals surface area (Å²) < 4.78 is 0. The van der Waals surface area contributed by atoms with Crippen molar-refractivity contribution in [3.63, 3.8) is 0 Å². The summed E-state index contributed by atoms with van der Waals surface area (Å²) in [5, 5.41) is 13.9. The first-order chi connectivity index (χ1) is 18.2. The zero-order valence-electron chi connectivity index (χ0n) is 23.2. The third-order valence-electron chi connectivity index (χ3n) is 9.95. The smallest absolute Gasteiger partial charge is 0.236 e. The van der Waals surface area contributed by atoms with E-state index in [1.54, 1.807) is 6.92 Å². The van der Waals surface area contributed by atoms with Crippen molar-refractivity contribution in [2.24, 2.45) is 23.2 Å². The fourth-order valence-electron chi connectivity index (χ4n) is 7.16. The van der Waals surface area contributed by atoms with E-state index in [1.807, 2.05) is 17.0 Å². The van der Waals surface area contributed by atoms with E-state index in [0.717, 1.165) is 70.1 Å². The Morgan fingerprint density at radius 2 is 1.68 bits per heavy atom. The molecule has 2 aliphatic heterocycles. The number of nitrogens with zero attached hydrogens (tertiary/aromatic N) is 2. The van der Waals surface area contributed by atoms with Gasteiger partial charge in [-0.25, -0.2) is 0 Å². The van der Waals surface area contributed by atoms with Crippen molar-refractivity contribution in [3.05, 3.63) is 35.4 Å². The summed E-state index contributed by atoms with van der Waals surface area (Å²) in [5.74, 6) is 1.50. The number of ketones is 1. The minimum atomic E-state index is -0.250. The van der Waals surface area contributed by atoms with Gasteiger partial charge in [0.05, 0.1) is 18.6 Å². The van der Waals surface area contributed by atoms with E-state index >= 15 is 0 Å². The molecule has 4 fully saturated rings. The van der Waals surface area contributed by atoms with Crippen molar-refractivity contribution < 1.29 is 19.5 Å². The minimum absolute atomic E-state index is 0.0537. The van der Waals surface area contributed by atoms with Gasteiger partial charge < -0.3 is 15.3 Å². The molecule has 208 valence electrons. The van der Waals surface area contributed by atoms with Crippen LogP contribution in [0.5, 0.6) is 0 Å². The lowest BCUT2D eigenvalue weighted by Gasteiger charge is -2.43. The average Bonchev–Trinajstić information content (AvgIpc) is 3.66. The summed E-state index contributed by atoms with van der Waals surface area (Å²) in [5.41, 5.74) is 1.95. The first kappa shape index (κ1) is 27.3. The molecule has 0 spiro atoms. The lowest BCUT2D eigenvalue weighted by molar-refractivity contribution is -0.134.